The van der Waals surface area contributed by atoms with Gasteiger partial charge in [0.05, 0.1) is 6.54 Å². The summed E-state index contributed by atoms with van der Waals surface area (Å²) in [6.45, 7) is 10.5. The van der Waals surface area contributed by atoms with Crippen molar-refractivity contribution in [3.63, 3.8) is 0 Å². The van der Waals surface area contributed by atoms with E-state index in [9.17, 15) is 14.4 Å². The van der Waals surface area contributed by atoms with Crippen LogP contribution >= 0.6 is 0 Å². The minimum atomic E-state index is -0.782. The predicted molar refractivity (Wildman–Crippen MR) is 171 cm³/mol. The summed E-state index contributed by atoms with van der Waals surface area (Å²) < 4.78 is 12.2. The largest absolute Gasteiger partial charge is 0.488 e. The molecule has 2 bridgehead atoms. The summed E-state index contributed by atoms with van der Waals surface area (Å²) >= 11 is 0. The number of hydrogen-bond acceptors (Lipinski definition) is 6. The molecule has 2 aliphatic rings. The Labute approximate surface area is 261 Å². The lowest BCUT2D eigenvalue weighted by Crippen LogP contribution is -2.59. The summed E-state index contributed by atoms with van der Waals surface area (Å²) in [7, 11) is 0. The van der Waals surface area contributed by atoms with E-state index in [1.54, 1.807) is 0 Å². The van der Waals surface area contributed by atoms with Crippen LogP contribution in [0.3, 0.4) is 0 Å². The van der Waals surface area contributed by atoms with Crippen molar-refractivity contribution in [2.75, 3.05) is 6.54 Å². The van der Waals surface area contributed by atoms with Gasteiger partial charge in [0.15, 0.2) is 0 Å². The average molecular weight is 600 g/mol. The van der Waals surface area contributed by atoms with Crippen LogP contribution in [0.25, 0.3) is 0 Å². The molecule has 0 unspecified atom stereocenters. The van der Waals surface area contributed by atoms with Gasteiger partial charge in [0.2, 0.25) is 11.8 Å². The topological polar surface area (TPSA) is 97.0 Å². The van der Waals surface area contributed by atoms with Gasteiger partial charge in [-0.25, -0.2) is 0 Å². The first-order chi connectivity index (χ1) is 21.1. The molecule has 0 saturated carbocycles. The number of benzene rings is 3. The third-order valence-corrected chi connectivity index (χ3v) is 7.72. The third-order valence-electron chi connectivity index (χ3n) is 7.72. The zero-order valence-electron chi connectivity index (χ0n) is 26.4. The zero-order valence-corrected chi connectivity index (χ0v) is 26.4. The molecule has 3 aromatic rings. The van der Waals surface area contributed by atoms with Gasteiger partial charge in [0, 0.05) is 20.0 Å². The molecule has 3 aromatic carbocycles. The number of ether oxygens (including phenoxy) is 2. The Morgan fingerprint density at radius 1 is 0.864 bits per heavy atom. The lowest BCUT2D eigenvalue weighted by Gasteiger charge is -2.39. The molecule has 0 aliphatic carbocycles. The van der Waals surface area contributed by atoms with Gasteiger partial charge in [0.1, 0.15) is 30.0 Å². The van der Waals surface area contributed by atoms with E-state index in [0.29, 0.717) is 25.3 Å². The Morgan fingerprint density at radius 3 is 1.93 bits per heavy atom. The number of carbonyl (C=O) groups excluding carboxylic acids is 3. The van der Waals surface area contributed by atoms with Crippen molar-refractivity contribution in [2.24, 2.45) is 11.8 Å². The number of nitrogens with zero attached hydrogens (tertiary/aromatic N) is 1. The lowest BCUT2D eigenvalue weighted by atomic mass is 9.94. The number of nitrogens with one attached hydrogen (secondary N) is 2. The number of carbonyl (C=O) groups is 3. The monoisotopic (exact) mass is 599 g/mol. The van der Waals surface area contributed by atoms with Gasteiger partial charge in [-0.15, -0.1) is 0 Å². The van der Waals surface area contributed by atoms with Gasteiger partial charge in [-0.2, -0.15) is 0 Å². The van der Waals surface area contributed by atoms with Gasteiger partial charge in [0.25, 0.3) is 0 Å². The molecule has 2 heterocycles. The summed E-state index contributed by atoms with van der Waals surface area (Å²) in [6, 6.07) is 26.0. The Hall–Kier alpha value is -4.17. The molecule has 0 aromatic heterocycles. The van der Waals surface area contributed by atoms with Crippen LogP contribution in [0.5, 0.6) is 5.75 Å². The van der Waals surface area contributed by atoms with Crippen molar-refractivity contribution in [1.82, 2.24) is 15.5 Å². The van der Waals surface area contributed by atoms with Gasteiger partial charge in [-0.3, -0.25) is 19.3 Å². The molecule has 2 aliphatic heterocycles. The maximum Gasteiger partial charge on any atom is 0.303 e. The number of fused-ring (bicyclic) bond motifs is 11. The molecule has 0 radical (unpaired) electrons. The number of rotatable bonds is 9. The Bertz CT molecular complexity index is 1320. The van der Waals surface area contributed by atoms with Crippen molar-refractivity contribution in [3.8, 4) is 5.75 Å². The maximum absolute atomic E-state index is 14.5. The van der Waals surface area contributed by atoms with Crippen LogP contribution in [0.1, 0.15) is 63.8 Å². The number of esters is 1. The molecule has 2 N–H and O–H groups in total. The fourth-order valence-electron chi connectivity index (χ4n) is 5.60. The standard InChI is InChI=1S/C36H45N3O5/c1-24(2)20-31-35(41)37-21-32(43-26(5)40)29-16-18-30(19-17-29)44-34(25(3)4)33(36(42)38-31)39(22-27-12-8-6-9-13-27)23-28-14-10-7-11-15-28/h6-19,24-25,31-34H,20-23H2,1-5H3,(H,37,41)(H,38,42)/t31-,32-,33-,34-/m0/s1. The fraction of sp³-hybridized carbons (Fsp3) is 0.417. The summed E-state index contributed by atoms with van der Waals surface area (Å²) in [6.07, 6.45) is -0.783. The van der Waals surface area contributed by atoms with Crippen LogP contribution in [-0.4, -0.2) is 47.4 Å². The quantitative estimate of drug-likeness (QED) is 0.319. The number of hydrogen-bond donors (Lipinski definition) is 2. The predicted octanol–water partition coefficient (Wildman–Crippen LogP) is 5.43. The van der Waals surface area contributed by atoms with Crippen molar-refractivity contribution >= 4 is 17.8 Å². The van der Waals surface area contributed by atoms with E-state index in [1.165, 1.54) is 6.92 Å². The second-order valence-corrected chi connectivity index (χ2v) is 12.3. The number of amides is 2. The summed E-state index contributed by atoms with van der Waals surface area (Å²) in [4.78, 5) is 42.2. The van der Waals surface area contributed by atoms with E-state index in [4.69, 9.17) is 9.47 Å². The Morgan fingerprint density at radius 2 is 1.43 bits per heavy atom. The first kappa shape index (κ1) is 32.7. The summed E-state index contributed by atoms with van der Waals surface area (Å²) in [5, 5.41) is 6.04. The molecule has 234 valence electrons. The summed E-state index contributed by atoms with van der Waals surface area (Å²) in [5.41, 5.74) is 2.87. The highest BCUT2D eigenvalue weighted by atomic mass is 16.5. The normalized spacial score (nSPS) is 21.0. The molecule has 44 heavy (non-hydrogen) atoms. The summed E-state index contributed by atoms with van der Waals surface area (Å²) in [5.74, 6) is -0.360. The molecular weight excluding hydrogens is 554 g/mol. The first-order valence-electron chi connectivity index (χ1n) is 15.4. The molecule has 0 fully saturated rings. The third kappa shape index (κ3) is 9.16. The van der Waals surface area contributed by atoms with Crippen LogP contribution in [0.15, 0.2) is 84.9 Å². The van der Waals surface area contributed by atoms with Crippen molar-refractivity contribution < 1.29 is 23.9 Å². The maximum atomic E-state index is 14.5. The van der Waals surface area contributed by atoms with Crippen LogP contribution < -0.4 is 15.4 Å². The highest BCUT2D eigenvalue weighted by Crippen LogP contribution is 2.27. The molecule has 0 spiro atoms. The van der Waals surface area contributed by atoms with E-state index in [1.807, 2.05) is 88.4 Å². The average Bonchev–Trinajstić information content (AvgIpc) is 2.99. The van der Waals surface area contributed by atoms with Crippen LogP contribution in [0.4, 0.5) is 0 Å². The van der Waals surface area contributed by atoms with E-state index in [-0.39, 0.29) is 30.2 Å². The van der Waals surface area contributed by atoms with Crippen molar-refractivity contribution in [1.29, 1.82) is 0 Å². The molecule has 5 rings (SSSR count). The van der Waals surface area contributed by atoms with Crippen LogP contribution in [-0.2, 0) is 32.2 Å². The SMILES string of the molecule is CC(=O)O[C@H]1CNC(=O)[C@H](CC(C)C)NC(=O)[C@@H](N(Cc2ccccc2)Cc2ccccc2)[C@H](C(C)C)Oc2ccc1cc2. The van der Waals surface area contributed by atoms with E-state index < -0.39 is 30.3 Å². The fourth-order valence-corrected chi connectivity index (χ4v) is 5.60. The molecule has 0 saturated heterocycles. The molecule has 8 heteroatoms. The van der Waals surface area contributed by atoms with E-state index in [2.05, 4.69) is 39.8 Å². The van der Waals surface area contributed by atoms with Gasteiger partial charge in [-0.05, 0) is 47.1 Å². The highest BCUT2D eigenvalue weighted by Gasteiger charge is 2.39. The van der Waals surface area contributed by atoms with E-state index in [0.717, 1.165) is 16.7 Å². The first-order valence-corrected chi connectivity index (χ1v) is 15.4. The minimum Gasteiger partial charge on any atom is -0.488 e. The minimum absolute atomic E-state index is 0.0569. The Kier molecular flexibility index (Phi) is 11.6. The molecule has 8 nitrogen and oxygen atoms in total. The van der Waals surface area contributed by atoms with Gasteiger partial charge >= 0.3 is 5.97 Å². The van der Waals surface area contributed by atoms with E-state index >= 15 is 0 Å². The van der Waals surface area contributed by atoms with Crippen LogP contribution in [0.2, 0.25) is 0 Å². The Balaban J connectivity index is 1.81. The smallest absolute Gasteiger partial charge is 0.303 e. The zero-order chi connectivity index (χ0) is 31.6. The van der Waals surface area contributed by atoms with Crippen LogP contribution in [0, 0.1) is 11.8 Å². The molecule has 4 atom stereocenters. The second-order valence-electron chi connectivity index (χ2n) is 12.3. The second kappa shape index (κ2) is 15.5. The molecule has 2 amide bonds. The van der Waals surface area contributed by atoms with Crippen molar-refractivity contribution in [2.45, 2.75) is 78.4 Å². The lowest BCUT2D eigenvalue weighted by molar-refractivity contribution is -0.147. The molecular formula is C36H45N3O5. The van der Waals surface area contributed by atoms with Gasteiger partial charge in [-0.1, -0.05) is 100 Å². The van der Waals surface area contributed by atoms with Crippen molar-refractivity contribution in [3.05, 3.63) is 102 Å². The highest BCUT2D eigenvalue weighted by molar-refractivity contribution is 5.90. The van der Waals surface area contributed by atoms with Gasteiger partial charge < -0.3 is 20.1 Å².